The van der Waals surface area contributed by atoms with Crippen LogP contribution in [0.5, 0.6) is 0 Å². The second-order valence-electron chi connectivity index (χ2n) is 3.15. The third kappa shape index (κ3) is 1.96. The first-order valence-corrected chi connectivity index (χ1v) is 5.88. The molecule has 0 unspecified atom stereocenters. The van der Waals surface area contributed by atoms with Gasteiger partial charge in [0.05, 0.1) is 20.8 Å². The molecule has 1 aromatic carbocycles. The number of aromatic carboxylic acids is 1. The summed E-state index contributed by atoms with van der Waals surface area (Å²) in [5, 5.41) is 13.0. The van der Waals surface area contributed by atoms with Crippen LogP contribution < -0.4 is 5.32 Å². The minimum Gasteiger partial charge on any atom is -0.478 e. The van der Waals surface area contributed by atoms with Crippen LogP contribution in [0.25, 0.3) is 10.2 Å². The SMILES string of the molecule is CCNc1nc2cc(C(=O)O)c(Cl)cc2s1. The molecule has 0 spiro atoms. The van der Waals surface area contributed by atoms with E-state index in [1.807, 2.05) is 6.92 Å². The molecule has 0 aliphatic heterocycles. The van der Waals surface area contributed by atoms with E-state index in [4.69, 9.17) is 16.7 Å². The molecular weight excluding hydrogens is 248 g/mol. The summed E-state index contributed by atoms with van der Waals surface area (Å²) >= 11 is 7.32. The number of aromatic nitrogens is 1. The number of benzene rings is 1. The molecule has 0 amide bonds. The Bertz CT molecular complexity index is 553. The second-order valence-corrected chi connectivity index (χ2v) is 4.59. The number of nitrogens with one attached hydrogen (secondary N) is 1. The molecule has 4 nitrogen and oxygen atoms in total. The smallest absolute Gasteiger partial charge is 0.337 e. The minimum atomic E-state index is -1.04. The van der Waals surface area contributed by atoms with Gasteiger partial charge < -0.3 is 10.4 Å². The number of carbonyl (C=O) groups is 1. The summed E-state index contributed by atoms with van der Waals surface area (Å²) in [6.07, 6.45) is 0. The Kier molecular flexibility index (Phi) is 2.98. The van der Waals surface area contributed by atoms with Crippen molar-refractivity contribution in [3.05, 3.63) is 22.7 Å². The second kappa shape index (κ2) is 4.27. The Labute approximate surface area is 101 Å². The molecular formula is C10H9ClN2O2S. The van der Waals surface area contributed by atoms with Crippen LogP contribution in [0, 0.1) is 0 Å². The lowest BCUT2D eigenvalue weighted by molar-refractivity contribution is 0.0697. The van der Waals surface area contributed by atoms with Gasteiger partial charge in [-0.1, -0.05) is 22.9 Å². The lowest BCUT2D eigenvalue weighted by atomic mass is 10.2. The zero-order chi connectivity index (χ0) is 11.7. The Morgan fingerprint density at radius 1 is 1.62 bits per heavy atom. The highest BCUT2D eigenvalue weighted by Crippen LogP contribution is 2.30. The molecule has 2 rings (SSSR count). The van der Waals surface area contributed by atoms with Crippen molar-refractivity contribution in [1.82, 2.24) is 4.98 Å². The maximum Gasteiger partial charge on any atom is 0.337 e. The molecule has 0 saturated carbocycles. The third-order valence-corrected chi connectivity index (χ3v) is 3.32. The lowest BCUT2D eigenvalue weighted by Gasteiger charge is -1.96. The highest BCUT2D eigenvalue weighted by molar-refractivity contribution is 7.22. The predicted molar refractivity (Wildman–Crippen MR) is 65.8 cm³/mol. The van der Waals surface area contributed by atoms with Crippen LogP contribution in [0.2, 0.25) is 5.02 Å². The minimum absolute atomic E-state index is 0.0857. The molecule has 0 atom stereocenters. The van der Waals surface area contributed by atoms with Gasteiger partial charge in [-0.2, -0.15) is 0 Å². The average Bonchev–Trinajstić information content (AvgIpc) is 2.58. The Balaban J connectivity index is 2.56. The summed E-state index contributed by atoms with van der Waals surface area (Å²) in [6, 6.07) is 3.14. The number of thiazole rings is 1. The Morgan fingerprint density at radius 3 is 3.00 bits per heavy atom. The number of anilines is 1. The molecule has 0 saturated heterocycles. The number of hydrogen-bond donors (Lipinski definition) is 2. The van der Waals surface area contributed by atoms with Gasteiger partial charge >= 0.3 is 5.97 Å². The van der Waals surface area contributed by atoms with Crippen LogP contribution >= 0.6 is 22.9 Å². The van der Waals surface area contributed by atoms with Crippen molar-refractivity contribution < 1.29 is 9.90 Å². The van der Waals surface area contributed by atoms with Gasteiger partial charge in [0.25, 0.3) is 0 Å². The largest absolute Gasteiger partial charge is 0.478 e. The monoisotopic (exact) mass is 256 g/mol. The van der Waals surface area contributed by atoms with Crippen LogP contribution in [0.1, 0.15) is 17.3 Å². The Hall–Kier alpha value is -1.33. The fraction of sp³-hybridized carbons (Fsp3) is 0.200. The molecule has 0 aliphatic carbocycles. The molecule has 1 heterocycles. The van der Waals surface area contributed by atoms with Gasteiger partial charge in [-0.25, -0.2) is 9.78 Å². The number of carboxylic acid groups (broad SMARTS) is 1. The predicted octanol–water partition coefficient (Wildman–Crippen LogP) is 3.08. The van der Waals surface area contributed by atoms with E-state index in [-0.39, 0.29) is 10.6 Å². The van der Waals surface area contributed by atoms with Gasteiger partial charge in [0.2, 0.25) is 0 Å². The average molecular weight is 257 g/mol. The molecule has 0 bridgehead atoms. The normalized spacial score (nSPS) is 10.6. The topological polar surface area (TPSA) is 62.2 Å². The number of nitrogens with zero attached hydrogens (tertiary/aromatic N) is 1. The highest BCUT2D eigenvalue weighted by atomic mass is 35.5. The van der Waals surface area contributed by atoms with E-state index in [0.29, 0.717) is 5.52 Å². The zero-order valence-corrected chi connectivity index (χ0v) is 10.0. The molecule has 1 aromatic heterocycles. The van der Waals surface area contributed by atoms with E-state index < -0.39 is 5.97 Å². The van der Waals surface area contributed by atoms with Gasteiger partial charge in [-0.3, -0.25) is 0 Å². The number of halogens is 1. The first-order valence-electron chi connectivity index (χ1n) is 4.69. The fourth-order valence-corrected chi connectivity index (χ4v) is 2.60. The maximum absolute atomic E-state index is 10.9. The summed E-state index contributed by atoms with van der Waals surface area (Å²) in [4.78, 5) is 15.1. The van der Waals surface area contributed by atoms with Crippen molar-refractivity contribution in [3.63, 3.8) is 0 Å². The molecule has 2 aromatic rings. The van der Waals surface area contributed by atoms with E-state index in [9.17, 15) is 4.79 Å². The van der Waals surface area contributed by atoms with Gasteiger partial charge in [0, 0.05) is 6.54 Å². The van der Waals surface area contributed by atoms with Crippen molar-refractivity contribution >= 4 is 44.3 Å². The molecule has 0 radical (unpaired) electrons. The van der Waals surface area contributed by atoms with Gasteiger partial charge in [0.1, 0.15) is 0 Å². The summed E-state index contributed by atoms with van der Waals surface area (Å²) < 4.78 is 0.881. The van der Waals surface area contributed by atoms with Crippen LogP contribution in [0.15, 0.2) is 12.1 Å². The van der Waals surface area contributed by atoms with Gasteiger partial charge in [0.15, 0.2) is 5.13 Å². The molecule has 2 N–H and O–H groups in total. The van der Waals surface area contributed by atoms with Crippen LogP contribution in [0.3, 0.4) is 0 Å². The van der Waals surface area contributed by atoms with Crippen LogP contribution in [-0.2, 0) is 0 Å². The van der Waals surface area contributed by atoms with Crippen molar-refractivity contribution in [2.75, 3.05) is 11.9 Å². The molecule has 0 aliphatic rings. The Morgan fingerprint density at radius 2 is 2.38 bits per heavy atom. The fourth-order valence-electron chi connectivity index (χ4n) is 1.34. The summed E-state index contributed by atoms with van der Waals surface area (Å²) in [6.45, 7) is 2.75. The number of fused-ring (bicyclic) bond motifs is 1. The quantitative estimate of drug-likeness (QED) is 0.886. The highest BCUT2D eigenvalue weighted by Gasteiger charge is 2.12. The maximum atomic E-state index is 10.9. The molecule has 84 valence electrons. The number of hydrogen-bond acceptors (Lipinski definition) is 4. The van der Waals surface area contributed by atoms with Crippen LogP contribution in [-0.4, -0.2) is 22.6 Å². The van der Waals surface area contributed by atoms with Crippen molar-refractivity contribution in [2.45, 2.75) is 6.92 Å². The van der Waals surface area contributed by atoms with E-state index in [1.54, 1.807) is 6.07 Å². The summed E-state index contributed by atoms with van der Waals surface area (Å²) in [5.41, 5.74) is 0.741. The van der Waals surface area contributed by atoms with Crippen molar-refractivity contribution in [1.29, 1.82) is 0 Å². The van der Waals surface area contributed by atoms with E-state index >= 15 is 0 Å². The standard InChI is InChI=1S/C10H9ClN2O2S/c1-2-12-10-13-7-3-5(9(14)15)6(11)4-8(7)16-10/h3-4H,2H2,1H3,(H,12,13)(H,14,15). The van der Waals surface area contributed by atoms with Crippen molar-refractivity contribution in [3.8, 4) is 0 Å². The summed E-state index contributed by atoms with van der Waals surface area (Å²) in [5.74, 6) is -1.04. The van der Waals surface area contributed by atoms with Crippen LogP contribution in [0.4, 0.5) is 5.13 Å². The first kappa shape index (κ1) is 11.2. The lowest BCUT2D eigenvalue weighted by Crippen LogP contribution is -1.97. The van der Waals surface area contributed by atoms with Crippen molar-refractivity contribution in [2.24, 2.45) is 0 Å². The number of rotatable bonds is 3. The molecule has 6 heteroatoms. The van der Waals surface area contributed by atoms with Gasteiger partial charge in [-0.15, -0.1) is 0 Å². The van der Waals surface area contributed by atoms with E-state index in [1.165, 1.54) is 17.4 Å². The third-order valence-electron chi connectivity index (χ3n) is 2.04. The zero-order valence-electron chi connectivity index (χ0n) is 8.45. The summed E-state index contributed by atoms with van der Waals surface area (Å²) in [7, 11) is 0. The first-order chi connectivity index (χ1) is 7.61. The van der Waals surface area contributed by atoms with E-state index in [0.717, 1.165) is 16.4 Å². The molecule has 0 fully saturated rings. The van der Waals surface area contributed by atoms with Gasteiger partial charge in [-0.05, 0) is 19.1 Å². The van der Waals surface area contributed by atoms with E-state index in [2.05, 4.69) is 10.3 Å². The molecule has 16 heavy (non-hydrogen) atoms. The number of carboxylic acids is 1.